The average molecular weight is 1070 g/mol. The number of rotatable bonds is 45. The van der Waals surface area contributed by atoms with Crippen molar-refractivity contribution in [2.75, 3.05) is 94.0 Å². The van der Waals surface area contributed by atoms with Gasteiger partial charge in [0, 0.05) is 101 Å². The highest BCUT2D eigenvalue weighted by molar-refractivity contribution is 9.26. The summed E-state index contributed by atoms with van der Waals surface area (Å²) in [5, 5.41) is 0. The Bertz CT molecular complexity index is 916. The summed E-state index contributed by atoms with van der Waals surface area (Å²) in [6, 6.07) is 2.70. The molecule has 1 aliphatic rings. The van der Waals surface area contributed by atoms with Crippen LogP contribution in [-0.2, 0) is 39.8 Å². The zero-order chi connectivity index (χ0) is 44.1. The average Bonchev–Trinajstić information content (AvgIpc) is 3.22. The van der Waals surface area contributed by atoms with Gasteiger partial charge >= 0.3 is 26.4 Å². The third-order valence-corrected chi connectivity index (χ3v) is 33.5. The van der Waals surface area contributed by atoms with Gasteiger partial charge in [0.1, 0.15) is 0 Å². The van der Waals surface area contributed by atoms with Gasteiger partial charge < -0.3 is 39.8 Å². The molecule has 3 atom stereocenters. The van der Waals surface area contributed by atoms with Crippen LogP contribution in [-0.4, -0.2) is 120 Å². The highest BCUT2D eigenvalue weighted by Gasteiger charge is 2.41. The molecule has 1 aliphatic carbocycles. The quantitative estimate of drug-likeness (QED) is 0.0329. The molecule has 0 heterocycles. The van der Waals surface area contributed by atoms with Crippen molar-refractivity contribution in [3.8, 4) is 0 Å². The molecule has 0 aromatic rings. The van der Waals surface area contributed by atoms with Crippen molar-refractivity contribution in [2.24, 2.45) is 17.8 Å². The van der Waals surface area contributed by atoms with Gasteiger partial charge in [-0.3, -0.25) is 0 Å². The van der Waals surface area contributed by atoms with Crippen LogP contribution in [0.15, 0.2) is 0 Å². The molecule has 0 aromatic carbocycles. The first kappa shape index (κ1) is 61.5. The second-order valence-corrected chi connectivity index (χ2v) is 35.9. The summed E-state index contributed by atoms with van der Waals surface area (Å²) in [6.07, 6.45) is 11.4. The van der Waals surface area contributed by atoms with E-state index in [0.29, 0.717) is 59.5 Å². The number of hydrogen-bond donors (Lipinski definition) is 0. The fourth-order valence-electron chi connectivity index (χ4n) is 7.48. The third kappa shape index (κ3) is 28.7. The molecular weight excluding hydrogens is 985 g/mol. The molecule has 3 unspecified atom stereocenters. The van der Waals surface area contributed by atoms with Gasteiger partial charge in [0.25, 0.3) is 0 Å². The summed E-state index contributed by atoms with van der Waals surface area (Å²) in [5.74, 6) is 9.59. The Morgan fingerprint density at radius 1 is 0.367 bits per heavy atom. The van der Waals surface area contributed by atoms with E-state index in [0.717, 1.165) is 72.4 Å². The molecule has 60 heavy (non-hydrogen) atoms. The van der Waals surface area contributed by atoms with Crippen molar-refractivity contribution in [3.05, 3.63) is 0 Å². The smallest absolute Gasteiger partial charge is 0.374 e. The fourth-order valence-corrected chi connectivity index (χ4v) is 29.6. The molecule has 0 radical (unpaired) electrons. The van der Waals surface area contributed by atoms with Crippen molar-refractivity contribution >= 4 is 121 Å². The van der Waals surface area contributed by atoms with E-state index in [2.05, 4.69) is 22.6 Å². The van der Waals surface area contributed by atoms with E-state index < -0.39 is 26.4 Å². The normalized spacial score (nSPS) is 17.9. The molecule has 0 aromatic heterocycles. The van der Waals surface area contributed by atoms with Crippen LogP contribution in [0.1, 0.15) is 120 Å². The molecule has 9 nitrogen and oxygen atoms in total. The zero-order valence-electron chi connectivity index (χ0n) is 38.7. The molecule has 1 rings (SSSR count). The summed E-state index contributed by atoms with van der Waals surface area (Å²) in [4.78, 5) is 0. The molecule has 0 aliphatic heterocycles. The minimum atomic E-state index is -2.54. The summed E-state index contributed by atoms with van der Waals surface area (Å²) in [5.41, 5.74) is 0. The first-order valence-electron chi connectivity index (χ1n) is 22.8. The topological polar surface area (TPSA) is 83.1 Å². The number of thioether (sulfide) groups is 1. The lowest BCUT2D eigenvalue weighted by atomic mass is 9.71. The van der Waals surface area contributed by atoms with E-state index in [1.165, 1.54) is 55.8 Å². The van der Waals surface area contributed by atoms with Crippen LogP contribution in [0.25, 0.3) is 0 Å². The maximum absolute atomic E-state index is 6.08. The Morgan fingerprint density at radius 2 is 0.700 bits per heavy atom. The highest BCUT2D eigenvalue weighted by atomic mass is 33.7. The van der Waals surface area contributed by atoms with E-state index >= 15 is 0 Å². The van der Waals surface area contributed by atoms with E-state index in [1.807, 2.05) is 134 Å². The Labute approximate surface area is 406 Å². The van der Waals surface area contributed by atoms with E-state index in [1.54, 1.807) is 0 Å². The monoisotopic (exact) mass is 1070 g/mol. The SMILES string of the molecule is CCO[Si](CCCSCCC1CCC(CCSSSSCCC[Si](OCC)(OCC)OCC)C(CCSSSSCCC[Si](OCC)(OCC)OCC)C1)(OCC)OCC. The summed E-state index contributed by atoms with van der Waals surface area (Å²) in [6.45, 7) is 24.1. The lowest BCUT2D eigenvalue weighted by Crippen LogP contribution is -2.46. The minimum absolute atomic E-state index is 0.643. The second kappa shape index (κ2) is 41.4. The van der Waals surface area contributed by atoms with E-state index in [4.69, 9.17) is 39.8 Å². The van der Waals surface area contributed by atoms with Crippen molar-refractivity contribution in [1.29, 1.82) is 0 Å². The van der Waals surface area contributed by atoms with Gasteiger partial charge in [-0.1, -0.05) is 49.6 Å². The van der Waals surface area contributed by atoms with Gasteiger partial charge in [0.15, 0.2) is 0 Å². The van der Waals surface area contributed by atoms with E-state index in [-0.39, 0.29) is 0 Å². The van der Waals surface area contributed by atoms with Crippen molar-refractivity contribution in [1.82, 2.24) is 0 Å². The van der Waals surface area contributed by atoms with Gasteiger partial charge in [-0.05, 0) is 182 Å². The van der Waals surface area contributed by atoms with Crippen LogP contribution < -0.4 is 0 Å². The lowest BCUT2D eigenvalue weighted by Gasteiger charge is -2.36. The van der Waals surface area contributed by atoms with Gasteiger partial charge in [-0.2, -0.15) is 11.8 Å². The maximum Gasteiger partial charge on any atom is 0.500 e. The Kier molecular flexibility index (Phi) is 42.4. The van der Waals surface area contributed by atoms with Crippen LogP contribution in [0.4, 0.5) is 0 Å². The second-order valence-electron chi connectivity index (χ2n) is 14.0. The Balaban J connectivity index is 2.54. The van der Waals surface area contributed by atoms with Crippen LogP contribution in [0.2, 0.25) is 18.1 Å². The molecule has 1 fully saturated rings. The van der Waals surface area contributed by atoms with Crippen LogP contribution in [0.3, 0.4) is 0 Å². The molecule has 1 saturated carbocycles. The zero-order valence-corrected chi connectivity index (χ0v) is 49.0. The molecule has 0 saturated heterocycles. The van der Waals surface area contributed by atoms with Gasteiger partial charge in [-0.15, -0.1) is 0 Å². The molecule has 21 heteroatoms. The van der Waals surface area contributed by atoms with Crippen molar-refractivity contribution < 1.29 is 39.8 Å². The Morgan fingerprint density at radius 3 is 1.07 bits per heavy atom. The van der Waals surface area contributed by atoms with Gasteiger partial charge in [0.05, 0.1) is 0 Å². The van der Waals surface area contributed by atoms with Crippen molar-refractivity contribution in [3.63, 3.8) is 0 Å². The molecular formula is C39H84O9S9Si3. The Hall–Kier alpha value is 3.44. The first-order chi connectivity index (χ1) is 29.3. The van der Waals surface area contributed by atoms with Crippen LogP contribution >= 0.6 is 94.2 Å². The molecule has 0 bridgehead atoms. The van der Waals surface area contributed by atoms with Gasteiger partial charge in [-0.25, -0.2) is 0 Å². The summed E-state index contributed by atoms with van der Waals surface area (Å²) < 4.78 is 54.5. The molecule has 0 amide bonds. The van der Waals surface area contributed by atoms with Crippen LogP contribution in [0.5, 0.6) is 0 Å². The maximum atomic E-state index is 6.08. The standard InChI is InChI=1S/C39H84O9S9Si3/c1-10-40-58(41-11-2,42-12-3)33-19-27-49-30-24-37-22-23-38(25-31-52-56-54-50-28-20-34-59(43-13-4,44-14-5)45-15-6)39(36-37)26-32-53-57-55-51-29-21-35-60(46-16-7,47-17-8)48-18-9/h37-39H,10-36H2,1-9H3. The predicted molar refractivity (Wildman–Crippen MR) is 286 cm³/mol. The van der Waals surface area contributed by atoms with E-state index in [9.17, 15) is 0 Å². The largest absolute Gasteiger partial charge is 0.500 e. The lowest BCUT2D eigenvalue weighted by molar-refractivity contribution is 0.0704. The first-order valence-corrected chi connectivity index (χ1v) is 40.0. The van der Waals surface area contributed by atoms with Crippen LogP contribution in [0, 0.1) is 17.8 Å². The third-order valence-electron chi connectivity index (χ3n) is 9.78. The van der Waals surface area contributed by atoms with Gasteiger partial charge in [0.2, 0.25) is 0 Å². The molecule has 0 N–H and O–H groups in total. The highest BCUT2D eigenvalue weighted by Crippen LogP contribution is 2.48. The minimum Gasteiger partial charge on any atom is -0.374 e. The molecule has 360 valence electrons. The molecule has 0 spiro atoms. The van der Waals surface area contributed by atoms with Crippen molar-refractivity contribution in [2.45, 2.75) is 138 Å². The summed E-state index contributed by atoms with van der Waals surface area (Å²) >= 11 is 2.12. The fraction of sp³-hybridized carbons (Fsp3) is 1.00. The predicted octanol–water partition coefficient (Wildman–Crippen LogP) is 14.6. The summed E-state index contributed by atoms with van der Waals surface area (Å²) in [7, 11) is 8.18. The number of hydrogen-bond acceptors (Lipinski definition) is 18.